The van der Waals surface area contributed by atoms with Gasteiger partial charge in [-0.3, -0.25) is 4.79 Å². The monoisotopic (exact) mass is 285 g/mol. The summed E-state index contributed by atoms with van der Waals surface area (Å²) in [4.78, 5) is 14.2. The Morgan fingerprint density at radius 2 is 2.33 bits per heavy atom. The summed E-state index contributed by atoms with van der Waals surface area (Å²) in [5.74, 6) is 2.35. The lowest BCUT2D eigenvalue weighted by molar-refractivity contribution is 0.0748. The number of carbonyl (C=O) groups is 1. The van der Waals surface area contributed by atoms with Crippen molar-refractivity contribution in [2.75, 3.05) is 24.6 Å². The van der Waals surface area contributed by atoms with Crippen LogP contribution in [0, 0.1) is 5.92 Å². The minimum absolute atomic E-state index is 0.0444. The van der Waals surface area contributed by atoms with Crippen molar-refractivity contribution in [1.82, 2.24) is 4.90 Å². The van der Waals surface area contributed by atoms with Crippen LogP contribution < -0.4 is 0 Å². The van der Waals surface area contributed by atoms with Crippen LogP contribution in [0.15, 0.2) is 18.2 Å². The topological polar surface area (TPSA) is 40.5 Å². The highest BCUT2D eigenvalue weighted by atomic mass is 35.5. The van der Waals surface area contributed by atoms with E-state index in [1.54, 1.807) is 12.1 Å². The zero-order valence-electron chi connectivity index (χ0n) is 10.2. The molecule has 1 atom stereocenters. The Hall–Kier alpha value is -0.870. The van der Waals surface area contributed by atoms with Gasteiger partial charge in [-0.15, -0.1) is 0 Å². The van der Waals surface area contributed by atoms with Crippen molar-refractivity contribution in [3.8, 4) is 5.75 Å². The third kappa shape index (κ3) is 3.12. The van der Waals surface area contributed by atoms with Crippen LogP contribution in [-0.2, 0) is 0 Å². The number of hydrogen-bond donors (Lipinski definition) is 1. The maximum absolute atomic E-state index is 12.3. The predicted molar refractivity (Wildman–Crippen MR) is 75.5 cm³/mol. The quantitative estimate of drug-likeness (QED) is 0.862. The molecule has 0 saturated carbocycles. The van der Waals surface area contributed by atoms with Gasteiger partial charge < -0.3 is 10.0 Å². The summed E-state index contributed by atoms with van der Waals surface area (Å²) >= 11 is 7.64. The fraction of sp³-hybridized carbons (Fsp3) is 0.462. The molecule has 1 aliphatic heterocycles. The molecular weight excluding hydrogens is 270 g/mol. The van der Waals surface area contributed by atoms with Crippen LogP contribution in [0.5, 0.6) is 5.75 Å². The number of hydrogen-bond acceptors (Lipinski definition) is 3. The summed E-state index contributed by atoms with van der Waals surface area (Å²) in [6.07, 6.45) is 0. The summed E-state index contributed by atoms with van der Waals surface area (Å²) in [5.41, 5.74) is 0.332. The molecule has 3 nitrogen and oxygen atoms in total. The van der Waals surface area contributed by atoms with Gasteiger partial charge in [-0.2, -0.15) is 11.8 Å². The predicted octanol–water partition coefficient (Wildman–Crippen LogP) is 2.87. The highest BCUT2D eigenvalue weighted by molar-refractivity contribution is 7.99. The van der Waals surface area contributed by atoms with Crippen molar-refractivity contribution in [2.24, 2.45) is 5.92 Å². The van der Waals surface area contributed by atoms with E-state index in [4.69, 9.17) is 11.6 Å². The van der Waals surface area contributed by atoms with E-state index in [1.165, 1.54) is 6.07 Å². The molecule has 5 heteroatoms. The van der Waals surface area contributed by atoms with Crippen LogP contribution >= 0.6 is 23.4 Å². The highest BCUT2D eigenvalue weighted by Gasteiger charge is 2.22. The number of rotatable bonds is 1. The van der Waals surface area contributed by atoms with E-state index < -0.39 is 0 Å². The largest absolute Gasteiger partial charge is 0.507 e. The molecule has 1 fully saturated rings. The number of phenols is 1. The summed E-state index contributed by atoms with van der Waals surface area (Å²) in [6.45, 7) is 3.62. The van der Waals surface area contributed by atoms with Crippen LogP contribution in [-0.4, -0.2) is 40.5 Å². The van der Waals surface area contributed by atoms with Gasteiger partial charge in [0.05, 0.1) is 5.56 Å². The Morgan fingerprint density at radius 1 is 1.56 bits per heavy atom. The molecule has 0 aliphatic carbocycles. The van der Waals surface area contributed by atoms with E-state index in [2.05, 4.69) is 6.92 Å². The van der Waals surface area contributed by atoms with Crippen molar-refractivity contribution < 1.29 is 9.90 Å². The molecule has 1 aliphatic rings. The molecular formula is C13H16ClNO2S. The molecule has 1 aromatic carbocycles. The number of benzene rings is 1. The van der Waals surface area contributed by atoms with E-state index in [0.717, 1.165) is 24.6 Å². The molecule has 1 saturated heterocycles. The van der Waals surface area contributed by atoms with Crippen LogP contribution in [0.1, 0.15) is 17.3 Å². The standard InChI is InChI=1S/C13H16ClNO2S/c1-9-7-15(4-5-18-8-9)13(17)11-3-2-10(14)6-12(11)16/h2-3,6,9,16H,4-5,7-8H2,1H3/t9-/m0/s1. The first-order chi connectivity index (χ1) is 8.58. The summed E-state index contributed by atoms with van der Waals surface area (Å²) in [6, 6.07) is 4.62. The number of phenolic OH excluding ortho intramolecular Hbond substituents is 1. The van der Waals surface area contributed by atoms with Gasteiger partial charge in [0.25, 0.3) is 5.91 Å². The minimum Gasteiger partial charge on any atom is -0.507 e. The summed E-state index contributed by atoms with van der Waals surface area (Å²) in [7, 11) is 0. The average molecular weight is 286 g/mol. The first kappa shape index (κ1) is 13.6. The second-order valence-corrected chi connectivity index (χ2v) is 6.18. The van der Waals surface area contributed by atoms with Crippen molar-refractivity contribution in [3.63, 3.8) is 0 Å². The number of amides is 1. The number of halogens is 1. The zero-order valence-corrected chi connectivity index (χ0v) is 11.8. The Balaban J connectivity index is 2.19. The lowest BCUT2D eigenvalue weighted by Crippen LogP contribution is -2.35. The number of carbonyl (C=O) groups excluding carboxylic acids is 1. The van der Waals surface area contributed by atoms with E-state index >= 15 is 0 Å². The summed E-state index contributed by atoms with van der Waals surface area (Å²) in [5, 5.41) is 10.2. The second kappa shape index (κ2) is 5.85. The number of aromatic hydroxyl groups is 1. The number of nitrogens with zero attached hydrogens (tertiary/aromatic N) is 1. The Kier molecular flexibility index (Phi) is 4.40. The fourth-order valence-electron chi connectivity index (χ4n) is 2.02. The Labute approximate surface area is 116 Å². The Bertz CT molecular complexity index is 453. The molecule has 0 radical (unpaired) electrons. The SMILES string of the molecule is C[C@@H]1CSCCN(C(=O)c2ccc(Cl)cc2O)C1. The van der Waals surface area contributed by atoms with Crippen molar-refractivity contribution in [1.29, 1.82) is 0 Å². The molecule has 1 heterocycles. The van der Waals surface area contributed by atoms with Gasteiger partial charge >= 0.3 is 0 Å². The summed E-state index contributed by atoms with van der Waals surface area (Å²) < 4.78 is 0. The van der Waals surface area contributed by atoms with Gasteiger partial charge in [0, 0.05) is 23.9 Å². The lowest BCUT2D eigenvalue weighted by atomic mass is 10.1. The first-order valence-corrected chi connectivity index (χ1v) is 7.46. The molecule has 0 bridgehead atoms. The van der Waals surface area contributed by atoms with Gasteiger partial charge in [-0.25, -0.2) is 0 Å². The molecule has 0 spiro atoms. The van der Waals surface area contributed by atoms with Crippen molar-refractivity contribution in [2.45, 2.75) is 6.92 Å². The van der Waals surface area contributed by atoms with E-state index in [1.807, 2.05) is 16.7 Å². The van der Waals surface area contributed by atoms with Gasteiger partial charge in [0.15, 0.2) is 0 Å². The molecule has 2 rings (SSSR count). The van der Waals surface area contributed by atoms with Crippen molar-refractivity contribution >= 4 is 29.3 Å². The normalized spacial score (nSPS) is 20.6. The van der Waals surface area contributed by atoms with Gasteiger partial charge in [0.2, 0.25) is 0 Å². The number of thioether (sulfide) groups is 1. The highest BCUT2D eigenvalue weighted by Crippen LogP contribution is 2.25. The fourth-order valence-corrected chi connectivity index (χ4v) is 3.21. The lowest BCUT2D eigenvalue weighted by Gasteiger charge is -2.22. The van der Waals surface area contributed by atoms with Crippen LogP contribution in [0.3, 0.4) is 0 Å². The van der Waals surface area contributed by atoms with Crippen LogP contribution in [0.4, 0.5) is 0 Å². The maximum Gasteiger partial charge on any atom is 0.257 e. The van der Waals surface area contributed by atoms with Gasteiger partial charge in [0.1, 0.15) is 5.75 Å². The van der Waals surface area contributed by atoms with Gasteiger partial charge in [-0.1, -0.05) is 18.5 Å². The molecule has 0 aromatic heterocycles. The van der Waals surface area contributed by atoms with Crippen LogP contribution in [0.2, 0.25) is 5.02 Å². The molecule has 0 unspecified atom stereocenters. The third-order valence-electron chi connectivity index (χ3n) is 2.92. The van der Waals surface area contributed by atoms with Gasteiger partial charge in [-0.05, 0) is 29.9 Å². The molecule has 1 N–H and O–H groups in total. The smallest absolute Gasteiger partial charge is 0.257 e. The van der Waals surface area contributed by atoms with E-state index in [9.17, 15) is 9.90 Å². The Morgan fingerprint density at radius 3 is 3.06 bits per heavy atom. The molecule has 1 aromatic rings. The van der Waals surface area contributed by atoms with E-state index in [0.29, 0.717) is 16.5 Å². The third-order valence-corrected chi connectivity index (χ3v) is 4.43. The van der Waals surface area contributed by atoms with E-state index in [-0.39, 0.29) is 11.7 Å². The molecule has 1 amide bonds. The maximum atomic E-state index is 12.3. The minimum atomic E-state index is -0.112. The molecule has 18 heavy (non-hydrogen) atoms. The van der Waals surface area contributed by atoms with Crippen LogP contribution in [0.25, 0.3) is 0 Å². The zero-order chi connectivity index (χ0) is 13.1. The second-order valence-electron chi connectivity index (χ2n) is 4.59. The first-order valence-electron chi connectivity index (χ1n) is 5.93. The molecule has 98 valence electrons. The van der Waals surface area contributed by atoms with Crippen molar-refractivity contribution in [3.05, 3.63) is 28.8 Å². The average Bonchev–Trinajstić information content (AvgIpc) is 2.53.